The van der Waals surface area contributed by atoms with E-state index in [0.29, 0.717) is 12.3 Å². The second-order valence-electron chi connectivity index (χ2n) is 4.37. The van der Waals surface area contributed by atoms with Crippen molar-refractivity contribution in [3.63, 3.8) is 0 Å². The maximum absolute atomic E-state index is 12.2. The molecule has 0 amide bonds. The highest BCUT2D eigenvalue weighted by Gasteiger charge is 2.49. The lowest BCUT2D eigenvalue weighted by molar-refractivity contribution is -0.384. The zero-order valence-electron chi connectivity index (χ0n) is 11.6. The van der Waals surface area contributed by atoms with E-state index in [0.717, 1.165) is 12.1 Å². The van der Waals surface area contributed by atoms with Gasteiger partial charge in [-0.25, -0.2) is 0 Å². The van der Waals surface area contributed by atoms with Gasteiger partial charge in [0.15, 0.2) is 0 Å². The van der Waals surface area contributed by atoms with Crippen LogP contribution in [0.2, 0.25) is 5.02 Å². The molecule has 0 bridgehead atoms. The van der Waals surface area contributed by atoms with Gasteiger partial charge in [0, 0.05) is 17.2 Å². The number of nitro benzene ring substituents is 1. The predicted molar refractivity (Wildman–Crippen MR) is 77.7 cm³/mol. The molecule has 2 aromatic rings. The van der Waals surface area contributed by atoms with E-state index in [2.05, 4.69) is 4.18 Å². The quantitative estimate of drug-likeness (QED) is 0.335. The van der Waals surface area contributed by atoms with Gasteiger partial charge in [-0.3, -0.25) is 14.9 Å². The summed E-state index contributed by atoms with van der Waals surface area (Å²) < 4.78 is 67.0. The van der Waals surface area contributed by atoms with Gasteiger partial charge >= 0.3 is 15.6 Å². The Labute approximate surface area is 141 Å². The van der Waals surface area contributed by atoms with Gasteiger partial charge in [-0.05, 0) is 12.1 Å². The third kappa shape index (κ3) is 3.91. The summed E-state index contributed by atoms with van der Waals surface area (Å²) in [5.41, 5.74) is -7.78. The van der Waals surface area contributed by atoms with E-state index in [1.807, 2.05) is 0 Å². The van der Waals surface area contributed by atoms with E-state index in [9.17, 15) is 36.5 Å². The molecule has 1 aromatic carbocycles. The number of nitro groups is 1. The van der Waals surface area contributed by atoms with Gasteiger partial charge in [-0.1, -0.05) is 11.6 Å². The van der Waals surface area contributed by atoms with Crippen molar-refractivity contribution in [2.75, 3.05) is 0 Å². The molecule has 0 spiro atoms. The summed E-state index contributed by atoms with van der Waals surface area (Å²) >= 11 is 5.71. The van der Waals surface area contributed by atoms with Gasteiger partial charge < -0.3 is 8.60 Å². The van der Waals surface area contributed by atoms with Gasteiger partial charge in [0.05, 0.1) is 10.5 Å². The van der Waals surface area contributed by atoms with Crippen molar-refractivity contribution in [2.45, 2.75) is 5.51 Å². The first-order chi connectivity index (χ1) is 11.4. The summed E-state index contributed by atoms with van der Waals surface area (Å²) in [4.78, 5) is 21.9. The lowest BCUT2D eigenvalue weighted by Crippen LogP contribution is -2.29. The van der Waals surface area contributed by atoms with Crippen LogP contribution in [0, 0.1) is 10.1 Å². The van der Waals surface area contributed by atoms with Crippen molar-refractivity contribution in [3.05, 3.63) is 55.9 Å². The van der Waals surface area contributed by atoms with Gasteiger partial charge in [0.2, 0.25) is 11.2 Å². The maximum Gasteiger partial charge on any atom is 0.534 e. The van der Waals surface area contributed by atoms with E-state index in [1.165, 1.54) is 6.07 Å². The average Bonchev–Trinajstić information content (AvgIpc) is 2.47. The van der Waals surface area contributed by atoms with E-state index in [4.69, 9.17) is 16.0 Å². The lowest BCUT2D eigenvalue weighted by atomic mass is 10.1. The Morgan fingerprint density at radius 3 is 2.40 bits per heavy atom. The molecule has 0 aliphatic carbocycles. The molecule has 0 fully saturated rings. The van der Waals surface area contributed by atoms with Crippen LogP contribution in [0.3, 0.4) is 0 Å². The fourth-order valence-corrected chi connectivity index (χ4v) is 2.26. The molecule has 8 nitrogen and oxygen atoms in total. The molecule has 0 N–H and O–H groups in total. The largest absolute Gasteiger partial charge is 0.534 e. The Morgan fingerprint density at radius 2 is 1.88 bits per heavy atom. The molecule has 1 heterocycles. The number of rotatable bonds is 4. The summed E-state index contributed by atoms with van der Waals surface area (Å²) in [6.45, 7) is 0. The van der Waals surface area contributed by atoms with Crippen molar-refractivity contribution in [1.29, 1.82) is 0 Å². The topological polar surface area (TPSA) is 117 Å². The van der Waals surface area contributed by atoms with Crippen LogP contribution < -0.4 is 9.61 Å². The number of halogens is 4. The van der Waals surface area contributed by atoms with Gasteiger partial charge in [0.25, 0.3) is 5.69 Å². The second kappa shape index (κ2) is 6.37. The van der Waals surface area contributed by atoms with Crippen LogP contribution >= 0.6 is 11.6 Å². The van der Waals surface area contributed by atoms with Gasteiger partial charge in [-0.2, -0.15) is 21.6 Å². The highest BCUT2D eigenvalue weighted by molar-refractivity contribution is 7.87. The van der Waals surface area contributed by atoms with Crippen molar-refractivity contribution in [2.24, 2.45) is 0 Å². The number of benzene rings is 1. The molecule has 0 saturated heterocycles. The standard InChI is InChI=1S/C12H5ClF3NO7S/c13-6-1-2-8(17(19)20)7(3-6)10-4-9(18)11(5-23-10)24-25(21,22)12(14,15)16/h1-5H. The summed E-state index contributed by atoms with van der Waals surface area (Å²) in [6, 6.07) is 3.86. The zero-order chi connectivity index (χ0) is 19.0. The Hall–Kier alpha value is -2.60. The van der Waals surface area contributed by atoms with E-state index in [-0.39, 0.29) is 10.6 Å². The van der Waals surface area contributed by atoms with E-state index in [1.54, 1.807) is 0 Å². The van der Waals surface area contributed by atoms with Crippen molar-refractivity contribution in [1.82, 2.24) is 0 Å². The first kappa shape index (κ1) is 18.7. The summed E-state index contributed by atoms with van der Waals surface area (Å²) in [5, 5.41) is 11.0. The highest BCUT2D eigenvalue weighted by atomic mass is 35.5. The fourth-order valence-electron chi connectivity index (χ4n) is 1.63. The first-order valence-corrected chi connectivity index (χ1v) is 7.79. The molecule has 0 aliphatic heterocycles. The minimum absolute atomic E-state index is 0.0585. The van der Waals surface area contributed by atoms with Crippen LogP contribution in [-0.4, -0.2) is 18.8 Å². The van der Waals surface area contributed by atoms with Crippen LogP contribution in [0.25, 0.3) is 11.3 Å². The van der Waals surface area contributed by atoms with Crippen molar-refractivity contribution < 1.29 is 35.1 Å². The number of alkyl halides is 3. The number of hydrogen-bond donors (Lipinski definition) is 0. The smallest absolute Gasteiger partial charge is 0.460 e. The Kier molecular flexibility index (Phi) is 4.77. The summed E-state index contributed by atoms with van der Waals surface area (Å²) in [5.74, 6) is -1.68. The second-order valence-corrected chi connectivity index (χ2v) is 6.35. The van der Waals surface area contributed by atoms with Crippen LogP contribution in [0.15, 0.2) is 39.7 Å². The number of hydrogen-bond acceptors (Lipinski definition) is 7. The molecule has 134 valence electrons. The maximum atomic E-state index is 12.2. The van der Waals surface area contributed by atoms with Crippen molar-refractivity contribution >= 4 is 27.4 Å². The molecule has 0 aliphatic rings. The zero-order valence-corrected chi connectivity index (χ0v) is 13.2. The third-order valence-corrected chi connectivity index (χ3v) is 3.90. The molecule has 0 atom stereocenters. The Morgan fingerprint density at radius 1 is 1.24 bits per heavy atom. The van der Waals surface area contributed by atoms with Crippen LogP contribution in [0.4, 0.5) is 18.9 Å². The van der Waals surface area contributed by atoms with Crippen LogP contribution in [0.1, 0.15) is 0 Å². The molecular formula is C12H5ClF3NO7S. The Bertz CT molecular complexity index is 1000. The molecule has 0 radical (unpaired) electrons. The van der Waals surface area contributed by atoms with Crippen molar-refractivity contribution in [3.8, 4) is 17.1 Å². The SMILES string of the molecule is O=c1cc(-c2cc(Cl)ccc2[N+](=O)[O-])occ1OS(=O)(=O)C(F)(F)F. The molecule has 13 heteroatoms. The minimum Gasteiger partial charge on any atom is -0.460 e. The Balaban J connectivity index is 2.50. The summed E-state index contributed by atoms with van der Waals surface area (Å²) in [6.07, 6.45) is 0.297. The van der Waals surface area contributed by atoms with Crippen LogP contribution in [0.5, 0.6) is 5.75 Å². The predicted octanol–water partition coefficient (Wildman–Crippen LogP) is 3.10. The van der Waals surface area contributed by atoms with E-state index < -0.39 is 43.2 Å². The van der Waals surface area contributed by atoms with E-state index >= 15 is 0 Å². The molecule has 0 saturated carbocycles. The molecular weight excluding hydrogens is 395 g/mol. The molecule has 25 heavy (non-hydrogen) atoms. The minimum atomic E-state index is -6.07. The van der Waals surface area contributed by atoms with Crippen LogP contribution in [-0.2, 0) is 10.1 Å². The fraction of sp³-hybridized carbons (Fsp3) is 0.0833. The average molecular weight is 400 g/mol. The number of nitrogens with zero attached hydrogens (tertiary/aromatic N) is 1. The lowest BCUT2D eigenvalue weighted by Gasteiger charge is -2.09. The van der Waals surface area contributed by atoms with Gasteiger partial charge in [-0.15, -0.1) is 0 Å². The molecule has 0 unspecified atom stereocenters. The molecule has 2 rings (SSSR count). The monoisotopic (exact) mass is 399 g/mol. The highest BCUT2D eigenvalue weighted by Crippen LogP contribution is 2.33. The van der Waals surface area contributed by atoms with Gasteiger partial charge in [0.1, 0.15) is 12.0 Å². The third-order valence-electron chi connectivity index (χ3n) is 2.70. The summed E-state index contributed by atoms with van der Waals surface area (Å²) in [7, 11) is -6.07. The first-order valence-electron chi connectivity index (χ1n) is 6.00. The molecule has 1 aromatic heterocycles. The normalized spacial score (nSPS) is 12.0.